The number of nitrogens with zero attached hydrogens (tertiary/aromatic N) is 2. The van der Waals surface area contributed by atoms with E-state index in [9.17, 15) is 4.79 Å². The molecule has 0 aliphatic heterocycles. The molecule has 0 fully saturated rings. The van der Waals surface area contributed by atoms with Gasteiger partial charge in [-0.25, -0.2) is 0 Å². The zero-order valence-corrected chi connectivity index (χ0v) is 11.3. The predicted octanol–water partition coefficient (Wildman–Crippen LogP) is 2.08. The van der Waals surface area contributed by atoms with Gasteiger partial charge < -0.3 is 11.1 Å². The number of aromatic nitrogens is 2. The molecule has 92 valence electrons. The average Bonchev–Trinajstić information content (AvgIpc) is 2.85. The van der Waals surface area contributed by atoms with Crippen molar-refractivity contribution in [3.05, 3.63) is 39.9 Å². The van der Waals surface area contributed by atoms with Crippen molar-refractivity contribution >= 4 is 51.9 Å². The molecule has 2 aromatic rings. The Labute approximate surface area is 117 Å². The number of hydrogen-bond acceptors (Lipinski definition) is 5. The maximum Gasteiger partial charge on any atom is 0.277 e. The summed E-state index contributed by atoms with van der Waals surface area (Å²) in [6.07, 6.45) is 0. The fourth-order valence-electron chi connectivity index (χ4n) is 1.22. The zero-order chi connectivity index (χ0) is 13.1. The van der Waals surface area contributed by atoms with Crippen LogP contribution < -0.4 is 11.1 Å². The van der Waals surface area contributed by atoms with Crippen molar-refractivity contribution in [1.82, 2.24) is 9.59 Å². The Hall–Kier alpha value is -1.57. The number of amides is 1. The van der Waals surface area contributed by atoms with Gasteiger partial charge in [0, 0.05) is 10.9 Å². The van der Waals surface area contributed by atoms with Gasteiger partial charge in [-0.05, 0) is 23.7 Å². The van der Waals surface area contributed by atoms with Gasteiger partial charge in [0.1, 0.15) is 4.99 Å². The van der Waals surface area contributed by atoms with E-state index in [4.69, 9.17) is 29.6 Å². The summed E-state index contributed by atoms with van der Waals surface area (Å²) in [5.74, 6) is -0.384. The molecule has 0 spiro atoms. The van der Waals surface area contributed by atoms with Crippen LogP contribution in [0.15, 0.2) is 23.6 Å². The molecule has 8 heteroatoms. The van der Waals surface area contributed by atoms with Crippen LogP contribution in [0.4, 0.5) is 5.69 Å². The van der Waals surface area contributed by atoms with E-state index in [0.717, 1.165) is 11.5 Å². The fourth-order valence-corrected chi connectivity index (χ4v) is 1.95. The van der Waals surface area contributed by atoms with Crippen LogP contribution >= 0.6 is 35.4 Å². The monoisotopic (exact) mass is 298 g/mol. The molecule has 1 heterocycles. The van der Waals surface area contributed by atoms with E-state index in [0.29, 0.717) is 16.3 Å². The lowest BCUT2D eigenvalue weighted by atomic mass is 10.2. The molecule has 5 nitrogen and oxygen atoms in total. The van der Waals surface area contributed by atoms with Gasteiger partial charge in [0.05, 0.1) is 10.7 Å². The van der Waals surface area contributed by atoms with Gasteiger partial charge >= 0.3 is 0 Å². The molecule has 0 unspecified atom stereocenters. The van der Waals surface area contributed by atoms with Crippen molar-refractivity contribution in [2.45, 2.75) is 0 Å². The number of carbonyl (C=O) groups is 1. The first-order valence-electron chi connectivity index (χ1n) is 4.75. The second-order valence-electron chi connectivity index (χ2n) is 3.30. The van der Waals surface area contributed by atoms with Crippen LogP contribution in [0.25, 0.3) is 0 Å². The van der Waals surface area contributed by atoms with Crippen LogP contribution in [-0.4, -0.2) is 20.5 Å². The van der Waals surface area contributed by atoms with E-state index in [2.05, 4.69) is 14.9 Å². The maximum absolute atomic E-state index is 11.8. The molecule has 0 atom stereocenters. The van der Waals surface area contributed by atoms with Gasteiger partial charge in [0.15, 0.2) is 5.69 Å². The van der Waals surface area contributed by atoms with E-state index in [1.807, 2.05) is 0 Å². The highest BCUT2D eigenvalue weighted by molar-refractivity contribution is 7.80. The smallest absolute Gasteiger partial charge is 0.277 e. The third kappa shape index (κ3) is 2.81. The number of nitrogens with one attached hydrogen (secondary N) is 1. The van der Waals surface area contributed by atoms with E-state index in [1.54, 1.807) is 23.6 Å². The maximum atomic E-state index is 11.8. The minimum atomic E-state index is -0.384. The number of anilines is 1. The lowest BCUT2D eigenvalue weighted by Crippen LogP contribution is -2.14. The van der Waals surface area contributed by atoms with Crippen LogP contribution in [0, 0.1) is 0 Å². The molecule has 0 saturated carbocycles. The highest BCUT2D eigenvalue weighted by Gasteiger charge is 2.12. The highest BCUT2D eigenvalue weighted by atomic mass is 35.5. The summed E-state index contributed by atoms with van der Waals surface area (Å²) in [4.78, 5) is 12.0. The second kappa shape index (κ2) is 5.38. The SMILES string of the molecule is NC(=S)c1ccc(Cl)c(NC(=O)c2csnn2)c1. The predicted molar refractivity (Wildman–Crippen MR) is 75.2 cm³/mol. The van der Waals surface area contributed by atoms with Crippen LogP contribution in [0.3, 0.4) is 0 Å². The molecule has 0 aliphatic carbocycles. The molecule has 0 bridgehead atoms. The van der Waals surface area contributed by atoms with Gasteiger partial charge in [0.25, 0.3) is 5.91 Å². The minimum absolute atomic E-state index is 0.233. The van der Waals surface area contributed by atoms with Crippen LogP contribution in [0.2, 0.25) is 5.02 Å². The van der Waals surface area contributed by atoms with Crippen molar-refractivity contribution in [2.75, 3.05) is 5.32 Å². The Kier molecular flexibility index (Phi) is 3.85. The molecule has 18 heavy (non-hydrogen) atoms. The Morgan fingerprint density at radius 1 is 1.50 bits per heavy atom. The number of benzene rings is 1. The zero-order valence-electron chi connectivity index (χ0n) is 8.88. The minimum Gasteiger partial charge on any atom is -0.389 e. The number of rotatable bonds is 3. The van der Waals surface area contributed by atoms with Crippen molar-refractivity contribution in [3.8, 4) is 0 Å². The second-order valence-corrected chi connectivity index (χ2v) is 4.76. The lowest BCUT2D eigenvalue weighted by Gasteiger charge is -2.07. The van der Waals surface area contributed by atoms with Gasteiger partial charge in [-0.2, -0.15) is 0 Å². The Morgan fingerprint density at radius 2 is 2.28 bits per heavy atom. The van der Waals surface area contributed by atoms with Crippen LogP contribution in [0.5, 0.6) is 0 Å². The number of hydrogen-bond donors (Lipinski definition) is 2. The van der Waals surface area contributed by atoms with E-state index >= 15 is 0 Å². The van der Waals surface area contributed by atoms with Gasteiger partial charge in [-0.1, -0.05) is 34.4 Å². The molecule has 0 radical (unpaired) electrons. The fraction of sp³-hybridized carbons (Fsp3) is 0. The van der Waals surface area contributed by atoms with Gasteiger partial charge in [-0.15, -0.1) is 5.10 Å². The Morgan fingerprint density at radius 3 is 2.89 bits per heavy atom. The van der Waals surface area contributed by atoms with Crippen molar-refractivity contribution in [2.24, 2.45) is 5.73 Å². The number of nitrogens with two attached hydrogens (primary N) is 1. The first-order chi connectivity index (χ1) is 8.58. The Balaban J connectivity index is 2.26. The summed E-state index contributed by atoms with van der Waals surface area (Å²) >= 11 is 11.9. The lowest BCUT2D eigenvalue weighted by molar-refractivity contribution is 0.102. The van der Waals surface area contributed by atoms with Gasteiger partial charge in [-0.3, -0.25) is 4.79 Å². The summed E-state index contributed by atoms with van der Waals surface area (Å²) in [7, 11) is 0. The number of carbonyl (C=O) groups excluding carboxylic acids is 1. The molecular weight excluding hydrogens is 292 g/mol. The van der Waals surface area contributed by atoms with Crippen LogP contribution in [0.1, 0.15) is 16.1 Å². The number of halogens is 1. The number of thiocarbonyl (C=S) groups is 1. The van der Waals surface area contributed by atoms with E-state index in [-0.39, 0.29) is 16.6 Å². The summed E-state index contributed by atoms with van der Waals surface area (Å²) < 4.78 is 3.61. The van der Waals surface area contributed by atoms with Crippen molar-refractivity contribution in [1.29, 1.82) is 0 Å². The third-order valence-corrected chi connectivity index (χ3v) is 3.16. The molecule has 0 saturated heterocycles. The normalized spacial score (nSPS) is 10.1. The first kappa shape index (κ1) is 12.9. The van der Waals surface area contributed by atoms with Crippen molar-refractivity contribution in [3.63, 3.8) is 0 Å². The molecule has 1 aromatic carbocycles. The summed E-state index contributed by atoms with van der Waals surface area (Å²) in [5.41, 5.74) is 6.80. The molecule has 0 aliphatic rings. The quantitative estimate of drug-likeness (QED) is 0.848. The summed E-state index contributed by atoms with van der Waals surface area (Å²) in [6, 6.07) is 4.91. The van der Waals surface area contributed by atoms with E-state index < -0.39 is 0 Å². The molecule has 1 amide bonds. The Bertz CT molecular complexity index is 600. The standard InChI is InChI=1S/C10H7ClN4OS2/c11-6-2-1-5(9(12)17)3-7(6)13-10(16)8-4-18-15-14-8/h1-4H,(H2,12,17)(H,13,16). The summed E-state index contributed by atoms with van der Waals surface area (Å²) in [5, 5.41) is 8.23. The van der Waals surface area contributed by atoms with E-state index in [1.165, 1.54) is 0 Å². The first-order valence-corrected chi connectivity index (χ1v) is 6.38. The van der Waals surface area contributed by atoms with Gasteiger partial charge in [0.2, 0.25) is 0 Å². The molecule has 1 aromatic heterocycles. The molecule has 3 N–H and O–H groups in total. The molecular formula is C10H7ClN4OS2. The third-order valence-electron chi connectivity index (χ3n) is 2.09. The van der Waals surface area contributed by atoms with Crippen molar-refractivity contribution < 1.29 is 4.79 Å². The topological polar surface area (TPSA) is 80.9 Å². The largest absolute Gasteiger partial charge is 0.389 e. The average molecular weight is 299 g/mol. The van der Waals surface area contributed by atoms with Crippen LogP contribution in [-0.2, 0) is 0 Å². The highest BCUT2D eigenvalue weighted by Crippen LogP contribution is 2.23. The molecule has 2 rings (SSSR count). The summed E-state index contributed by atoms with van der Waals surface area (Å²) in [6.45, 7) is 0.